The Morgan fingerprint density at radius 1 is 0.926 bits per heavy atom. The zero-order valence-electron chi connectivity index (χ0n) is 16.4. The van der Waals surface area contributed by atoms with Gasteiger partial charge in [0.05, 0.1) is 4.90 Å². The first-order valence-corrected chi connectivity index (χ1v) is 10.5. The minimum atomic E-state index is -3.29. The Morgan fingerprint density at radius 2 is 1.44 bits per heavy atom. The third kappa shape index (κ3) is 4.63. The summed E-state index contributed by atoms with van der Waals surface area (Å²) in [6, 6.07) is 15.7. The minimum Gasteiger partial charge on any atom is -0.367 e. The summed E-state index contributed by atoms with van der Waals surface area (Å²) in [6.45, 7) is 7.66. The van der Waals surface area contributed by atoms with Crippen molar-refractivity contribution in [2.75, 3.05) is 6.26 Å². The molecule has 0 saturated carbocycles. The molecule has 27 heavy (non-hydrogen) atoms. The summed E-state index contributed by atoms with van der Waals surface area (Å²) in [7, 11) is -3.29. The molecule has 0 aliphatic rings. The maximum atomic E-state index is 12.3. The molecule has 5 nitrogen and oxygen atoms in total. The summed E-state index contributed by atoms with van der Waals surface area (Å²) >= 11 is 0. The number of carbonyl (C=O) groups excluding carboxylic acids is 1. The van der Waals surface area contributed by atoms with Crippen LogP contribution in [0.3, 0.4) is 0 Å². The van der Waals surface area contributed by atoms with Crippen LogP contribution in [0.2, 0.25) is 0 Å². The van der Waals surface area contributed by atoms with Gasteiger partial charge in [-0.25, -0.2) is 8.42 Å². The van der Waals surface area contributed by atoms with Gasteiger partial charge in [0.25, 0.3) is 0 Å². The zero-order valence-corrected chi connectivity index (χ0v) is 17.2. The van der Waals surface area contributed by atoms with Crippen LogP contribution in [0, 0.1) is 5.41 Å². The van der Waals surface area contributed by atoms with Crippen LogP contribution in [0.5, 0.6) is 0 Å². The Kier molecular flexibility index (Phi) is 5.61. The average molecular weight is 387 g/mol. The number of hydrogen-bond acceptors (Lipinski definition) is 4. The molecule has 0 heterocycles. The Hall–Kier alpha value is -2.47. The Labute approximate surface area is 161 Å². The van der Waals surface area contributed by atoms with Crippen molar-refractivity contribution in [1.82, 2.24) is 0 Å². The standard InChI is InChI=1S/C21H26N2O3S/c1-20(2,3)18(15-11-13-17(14-12-15)27(5,25)26)23-21(4,19(22)24)16-9-7-6-8-10-16/h6-14H,1-5H3,(H2,22,24). The fraction of sp³-hybridized carbons (Fsp3) is 0.333. The minimum absolute atomic E-state index is 0.236. The van der Waals surface area contributed by atoms with E-state index in [-0.39, 0.29) is 4.90 Å². The van der Waals surface area contributed by atoms with Crippen molar-refractivity contribution >= 4 is 21.5 Å². The van der Waals surface area contributed by atoms with Crippen molar-refractivity contribution in [1.29, 1.82) is 0 Å². The predicted octanol–water partition coefficient (Wildman–Crippen LogP) is 3.33. The number of nitrogens with zero attached hydrogens (tertiary/aromatic N) is 1. The van der Waals surface area contributed by atoms with Crippen molar-refractivity contribution in [3.05, 3.63) is 65.7 Å². The molecule has 0 aromatic heterocycles. The fourth-order valence-electron chi connectivity index (χ4n) is 2.77. The maximum Gasteiger partial charge on any atom is 0.249 e. The third-order valence-corrected chi connectivity index (χ3v) is 5.55. The molecular formula is C21H26N2O3S. The monoisotopic (exact) mass is 386 g/mol. The van der Waals surface area contributed by atoms with E-state index in [0.717, 1.165) is 5.56 Å². The van der Waals surface area contributed by atoms with Crippen molar-refractivity contribution < 1.29 is 13.2 Å². The van der Waals surface area contributed by atoms with Crippen molar-refractivity contribution in [3.8, 4) is 0 Å². The number of aliphatic imine (C=N–C) groups is 1. The second-order valence-corrected chi connectivity index (χ2v) is 9.83. The number of primary amides is 1. The summed E-state index contributed by atoms with van der Waals surface area (Å²) in [5, 5.41) is 0. The Bertz CT molecular complexity index is 957. The van der Waals surface area contributed by atoms with E-state index in [4.69, 9.17) is 10.7 Å². The maximum absolute atomic E-state index is 12.3. The zero-order chi connectivity index (χ0) is 20.5. The van der Waals surface area contributed by atoms with Crippen LogP contribution in [0.1, 0.15) is 38.8 Å². The molecule has 2 N–H and O–H groups in total. The summed E-state index contributed by atoms with van der Waals surface area (Å²) in [4.78, 5) is 17.4. The number of carbonyl (C=O) groups is 1. The Morgan fingerprint density at radius 3 is 1.85 bits per heavy atom. The van der Waals surface area contributed by atoms with E-state index in [1.54, 1.807) is 31.2 Å². The van der Waals surface area contributed by atoms with E-state index in [1.165, 1.54) is 6.26 Å². The highest BCUT2D eigenvalue weighted by Crippen LogP contribution is 2.31. The largest absolute Gasteiger partial charge is 0.367 e. The lowest BCUT2D eigenvalue weighted by Gasteiger charge is -2.29. The van der Waals surface area contributed by atoms with Crippen molar-refractivity contribution in [2.45, 2.75) is 38.1 Å². The molecule has 2 aromatic carbocycles. The van der Waals surface area contributed by atoms with Gasteiger partial charge in [-0.05, 0) is 30.2 Å². The van der Waals surface area contributed by atoms with E-state index >= 15 is 0 Å². The lowest BCUT2D eigenvalue weighted by molar-refractivity contribution is -0.122. The highest BCUT2D eigenvalue weighted by Gasteiger charge is 2.35. The van der Waals surface area contributed by atoms with Crippen LogP contribution in [-0.2, 0) is 20.2 Å². The SMILES string of the molecule is CC(C)(C)C(=NC(C)(C(N)=O)c1ccccc1)c1ccc(S(C)(=O)=O)cc1. The molecule has 6 heteroatoms. The molecule has 0 radical (unpaired) electrons. The van der Waals surface area contributed by atoms with Crippen molar-refractivity contribution in [3.63, 3.8) is 0 Å². The van der Waals surface area contributed by atoms with Crippen molar-refractivity contribution in [2.24, 2.45) is 16.1 Å². The van der Waals surface area contributed by atoms with E-state index in [0.29, 0.717) is 11.3 Å². The molecule has 1 unspecified atom stereocenters. The molecule has 1 amide bonds. The van der Waals surface area contributed by atoms with Gasteiger partial charge in [-0.3, -0.25) is 9.79 Å². The predicted molar refractivity (Wildman–Crippen MR) is 109 cm³/mol. The first-order chi connectivity index (χ1) is 12.4. The summed E-state index contributed by atoms with van der Waals surface area (Å²) < 4.78 is 23.4. The summed E-state index contributed by atoms with van der Waals surface area (Å²) in [5.74, 6) is -0.553. The van der Waals surface area contributed by atoms with Gasteiger partial charge in [-0.2, -0.15) is 0 Å². The number of hydrogen-bond donors (Lipinski definition) is 1. The van der Waals surface area contributed by atoms with Gasteiger partial charge in [0.1, 0.15) is 0 Å². The average Bonchev–Trinajstić information content (AvgIpc) is 2.58. The van der Waals surface area contributed by atoms with E-state index < -0.39 is 26.7 Å². The lowest BCUT2D eigenvalue weighted by Crippen LogP contribution is -2.39. The molecule has 1 atom stereocenters. The summed E-state index contributed by atoms with van der Waals surface area (Å²) in [6.07, 6.45) is 1.17. The number of amides is 1. The molecule has 0 saturated heterocycles. The lowest BCUT2D eigenvalue weighted by atomic mass is 9.83. The highest BCUT2D eigenvalue weighted by atomic mass is 32.2. The first-order valence-electron chi connectivity index (χ1n) is 8.62. The molecule has 2 rings (SSSR count). The molecule has 2 aromatic rings. The fourth-order valence-corrected chi connectivity index (χ4v) is 3.40. The van der Waals surface area contributed by atoms with E-state index in [9.17, 15) is 13.2 Å². The van der Waals surface area contributed by atoms with Gasteiger partial charge in [0.15, 0.2) is 15.4 Å². The van der Waals surface area contributed by atoms with Gasteiger partial charge in [-0.1, -0.05) is 63.2 Å². The second kappa shape index (κ2) is 7.27. The number of benzene rings is 2. The van der Waals surface area contributed by atoms with E-state index in [2.05, 4.69) is 0 Å². The van der Waals surface area contributed by atoms with Gasteiger partial charge in [0.2, 0.25) is 5.91 Å². The first kappa shape index (κ1) is 20.8. The van der Waals surface area contributed by atoms with Crippen LogP contribution in [0.15, 0.2) is 64.5 Å². The quantitative estimate of drug-likeness (QED) is 0.799. The summed E-state index contributed by atoms with van der Waals surface area (Å²) in [5.41, 5.74) is 6.22. The molecule has 0 aliphatic carbocycles. The topological polar surface area (TPSA) is 89.6 Å². The molecule has 0 bridgehead atoms. The molecular weight excluding hydrogens is 360 g/mol. The molecule has 0 fully saturated rings. The second-order valence-electron chi connectivity index (χ2n) is 7.81. The highest BCUT2D eigenvalue weighted by molar-refractivity contribution is 7.90. The van der Waals surface area contributed by atoms with Gasteiger partial charge in [0, 0.05) is 17.4 Å². The van der Waals surface area contributed by atoms with Crippen LogP contribution in [0.25, 0.3) is 0 Å². The van der Waals surface area contributed by atoms with Gasteiger partial charge >= 0.3 is 0 Å². The van der Waals surface area contributed by atoms with Gasteiger partial charge in [-0.15, -0.1) is 0 Å². The molecule has 144 valence electrons. The smallest absolute Gasteiger partial charge is 0.249 e. The number of nitrogens with two attached hydrogens (primary N) is 1. The van der Waals surface area contributed by atoms with Crippen LogP contribution in [-0.4, -0.2) is 26.3 Å². The Balaban J connectivity index is 2.67. The normalized spacial score (nSPS) is 15.2. The van der Waals surface area contributed by atoms with E-state index in [1.807, 2.05) is 51.1 Å². The molecule has 0 spiro atoms. The number of rotatable bonds is 5. The van der Waals surface area contributed by atoms with Crippen LogP contribution < -0.4 is 5.73 Å². The third-order valence-electron chi connectivity index (χ3n) is 4.42. The van der Waals surface area contributed by atoms with Crippen LogP contribution in [0.4, 0.5) is 0 Å². The van der Waals surface area contributed by atoms with Gasteiger partial charge < -0.3 is 5.73 Å². The van der Waals surface area contributed by atoms with Crippen LogP contribution >= 0.6 is 0 Å². The molecule has 0 aliphatic heterocycles. The number of sulfone groups is 1.